The molecule has 3 aromatic heterocycles. The highest BCUT2D eigenvalue weighted by atomic mass is 32.1. The van der Waals surface area contributed by atoms with Crippen LogP contribution in [-0.2, 0) is 4.79 Å². The smallest absolute Gasteiger partial charge is 0.407 e. The number of anilines is 3. The highest BCUT2D eigenvalue weighted by molar-refractivity contribution is 7.18. The fourth-order valence-electron chi connectivity index (χ4n) is 4.52. The summed E-state index contributed by atoms with van der Waals surface area (Å²) >= 11 is 1.53. The number of rotatable bonds is 6. The number of nitrogens with one attached hydrogen (secondary N) is 2. The van der Waals surface area contributed by atoms with Gasteiger partial charge in [-0.3, -0.25) is 14.7 Å². The van der Waals surface area contributed by atoms with Crippen LogP contribution < -0.4 is 15.5 Å². The number of amides is 2. The Morgan fingerprint density at radius 2 is 2.00 bits per heavy atom. The molecule has 0 unspecified atom stereocenters. The summed E-state index contributed by atoms with van der Waals surface area (Å²) in [6, 6.07) is 5.10. The Kier molecular flexibility index (Phi) is 6.45. The van der Waals surface area contributed by atoms with E-state index in [0.29, 0.717) is 37.6 Å². The number of nitrogens with zero attached hydrogens (tertiary/aromatic N) is 6. The average Bonchev–Trinajstić information content (AvgIpc) is 3.60. The summed E-state index contributed by atoms with van der Waals surface area (Å²) < 4.78 is 0. The maximum atomic E-state index is 12.7. The van der Waals surface area contributed by atoms with Crippen LogP contribution in [0.2, 0.25) is 0 Å². The second-order valence-electron chi connectivity index (χ2n) is 8.62. The second kappa shape index (κ2) is 9.82. The summed E-state index contributed by atoms with van der Waals surface area (Å²) in [5.41, 5.74) is 1.05. The van der Waals surface area contributed by atoms with Crippen molar-refractivity contribution in [3.63, 3.8) is 0 Å². The van der Waals surface area contributed by atoms with E-state index in [1.165, 1.54) is 16.2 Å². The summed E-state index contributed by atoms with van der Waals surface area (Å²) in [6.07, 6.45) is 6.32. The lowest BCUT2D eigenvalue weighted by Gasteiger charge is -2.23. The van der Waals surface area contributed by atoms with Gasteiger partial charge in [0, 0.05) is 50.3 Å². The fourth-order valence-corrected chi connectivity index (χ4v) is 5.35. The van der Waals surface area contributed by atoms with Gasteiger partial charge in [0.1, 0.15) is 23.5 Å². The van der Waals surface area contributed by atoms with Crippen molar-refractivity contribution < 1.29 is 14.7 Å². The maximum Gasteiger partial charge on any atom is 0.407 e. The topological polar surface area (TPSA) is 136 Å². The normalized spacial score (nSPS) is 19.7. The Morgan fingerprint density at radius 3 is 2.80 bits per heavy atom. The zero-order chi connectivity index (χ0) is 24.4. The molecule has 0 saturated carbocycles. The van der Waals surface area contributed by atoms with Crippen molar-refractivity contribution in [3.05, 3.63) is 42.6 Å². The molecule has 0 radical (unpaired) electrons. The fraction of sp³-hybridized carbons (Fsp3) is 0.391. The molecule has 3 N–H and O–H groups in total. The van der Waals surface area contributed by atoms with Crippen molar-refractivity contribution in [2.24, 2.45) is 0 Å². The first kappa shape index (κ1) is 23.0. The summed E-state index contributed by atoms with van der Waals surface area (Å²) in [7, 11) is 0. The lowest BCUT2D eigenvalue weighted by atomic mass is 10.2. The molecule has 35 heavy (non-hydrogen) atoms. The molecule has 5 heterocycles. The molecule has 2 amide bonds. The number of hydrogen-bond acceptors (Lipinski definition) is 9. The van der Waals surface area contributed by atoms with E-state index in [1.807, 2.05) is 31.3 Å². The van der Waals surface area contributed by atoms with Crippen LogP contribution in [0.3, 0.4) is 0 Å². The van der Waals surface area contributed by atoms with E-state index >= 15 is 0 Å². The number of carbonyl (C=O) groups is 2. The van der Waals surface area contributed by atoms with Crippen LogP contribution in [0.1, 0.15) is 25.1 Å². The predicted molar refractivity (Wildman–Crippen MR) is 132 cm³/mol. The summed E-state index contributed by atoms with van der Waals surface area (Å²) in [5.74, 6) is 1.84. The van der Waals surface area contributed by atoms with Crippen LogP contribution in [0, 0.1) is 6.92 Å². The quantitative estimate of drug-likeness (QED) is 0.472. The highest BCUT2D eigenvalue weighted by Crippen LogP contribution is 2.31. The van der Waals surface area contributed by atoms with E-state index in [2.05, 4.69) is 35.5 Å². The maximum absolute atomic E-state index is 12.7. The zero-order valence-corrected chi connectivity index (χ0v) is 20.0. The van der Waals surface area contributed by atoms with E-state index in [1.54, 1.807) is 12.4 Å². The molecular weight excluding hydrogens is 468 g/mol. The van der Waals surface area contributed by atoms with Gasteiger partial charge in [-0.2, -0.15) is 0 Å². The Balaban J connectivity index is 1.23. The van der Waals surface area contributed by atoms with Crippen LogP contribution >= 0.6 is 11.3 Å². The lowest BCUT2D eigenvalue weighted by Crippen LogP contribution is -2.49. The molecule has 0 aliphatic carbocycles. The van der Waals surface area contributed by atoms with Crippen molar-refractivity contribution in [1.82, 2.24) is 30.2 Å². The third-order valence-electron chi connectivity index (χ3n) is 6.19. The van der Waals surface area contributed by atoms with Gasteiger partial charge in [-0.05, 0) is 43.9 Å². The summed E-state index contributed by atoms with van der Waals surface area (Å²) in [4.78, 5) is 46.0. The van der Waals surface area contributed by atoms with Crippen molar-refractivity contribution in [2.75, 3.05) is 29.9 Å². The van der Waals surface area contributed by atoms with Gasteiger partial charge >= 0.3 is 6.09 Å². The van der Waals surface area contributed by atoms with E-state index in [9.17, 15) is 14.7 Å². The molecule has 12 heteroatoms. The van der Waals surface area contributed by atoms with Crippen molar-refractivity contribution in [3.8, 4) is 10.4 Å². The zero-order valence-electron chi connectivity index (χ0n) is 19.2. The predicted octanol–water partition coefficient (Wildman–Crippen LogP) is 2.88. The number of hydrogen-bond donors (Lipinski definition) is 3. The SMILES string of the molecule is Cc1nc(Nc2ncc(-c3ccncc3)s2)cc(N2CC[C@H](NC(=O)[C@@H]3CCCN3C(=O)O)C2)n1. The second-order valence-corrected chi connectivity index (χ2v) is 9.65. The van der Waals surface area contributed by atoms with E-state index in [0.717, 1.165) is 34.4 Å². The first-order valence-electron chi connectivity index (χ1n) is 11.5. The molecule has 5 rings (SSSR count). The van der Waals surface area contributed by atoms with E-state index < -0.39 is 12.1 Å². The highest BCUT2D eigenvalue weighted by Gasteiger charge is 2.36. The third-order valence-corrected chi connectivity index (χ3v) is 7.15. The molecule has 0 aromatic carbocycles. The minimum absolute atomic E-state index is 0.0627. The molecule has 3 aromatic rings. The van der Waals surface area contributed by atoms with Gasteiger partial charge in [-0.25, -0.2) is 19.7 Å². The van der Waals surface area contributed by atoms with Gasteiger partial charge < -0.3 is 20.6 Å². The number of pyridine rings is 1. The Labute approximate surface area is 206 Å². The first-order valence-corrected chi connectivity index (χ1v) is 12.3. The molecule has 2 fully saturated rings. The van der Waals surface area contributed by atoms with Crippen LogP contribution in [0.4, 0.5) is 21.6 Å². The molecule has 2 atom stereocenters. The molecule has 182 valence electrons. The molecule has 2 saturated heterocycles. The minimum Gasteiger partial charge on any atom is -0.465 e. The van der Waals surface area contributed by atoms with Crippen LogP contribution in [0.15, 0.2) is 36.8 Å². The number of carboxylic acid groups (broad SMARTS) is 1. The third kappa shape index (κ3) is 5.16. The Hall–Kier alpha value is -3.80. The molecule has 2 aliphatic rings. The number of carbonyl (C=O) groups excluding carboxylic acids is 1. The monoisotopic (exact) mass is 494 g/mol. The van der Waals surface area contributed by atoms with E-state index in [-0.39, 0.29) is 11.9 Å². The molecular formula is C23H26N8O3S. The molecule has 2 aliphatic heterocycles. The van der Waals surface area contributed by atoms with Gasteiger partial charge in [-0.15, -0.1) is 0 Å². The van der Waals surface area contributed by atoms with Gasteiger partial charge in [0.15, 0.2) is 5.13 Å². The minimum atomic E-state index is -1.04. The van der Waals surface area contributed by atoms with Crippen molar-refractivity contribution in [2.45, 2.75) is 38.3 Å². The molecule has 11 nitrogen and oxygen atoms in total. The number of likely N-dealkylation sites (tertiary alicyclic amines) is 1. The lowest BCUT2D eigenvalue weighted by molar-refractivity contribution is -0.125. The van der Waals surface area contributed by atoms with Crippen LogP contribution in [0.25, 0.3) is 10.4 Å². The van der Waals surface area contributed by atoms with Gasteiger partial charge in [0.05, 0.1) is 4.88 Å². The van der Waals surface area contributed by atoms with Crippen LogP contribution in [-0.4, -0.2) is 73.7 Å². The standard InChI is InChI=1S/C23H26N8O3S/c1-14-26-19(29-22-25-12-18(35-22)15-4-7-24-8-5-15)11-20(27-14)30-10-6-16(13-30)28-21(32)17-3-2-9-31(17)23(33)34/h4-5,7-8,11-12,16-17H,2-3,6,9-10,13H2,1H3,(H,28,32)(H,33,34)(H,25,26,27,29)/t16-,17-/m0/s1. The average molecular weight is 495 g/mol. The number of aryl methyl sites for hydroxylation is 1. The Bertz CT molecular complexity index is 1220. The molecule has 0 bridgehead atoms. The van der Waals surface area contributed by atoms with Gasteiger partial charge in [-0.1, -0.05) is 11.3 Å². The van der Waals surface area contributed by atoms with Crippen molar-refractivity contribution in [1.29, 1.82) is 0 Å². The first-order chi connectivity index (χ1) is 17.0. The van der Waals surface area contributed by atoms with Crippen molar-refractivity contribution >= 4 is 40.1 Å². The number of thiazole rings is 1. The van der Waals surface area contributed by atoms with Gasteiger partial charge in [0.25, 0.3) is 0 Å². The Morgan fingerprint density at radius 1 is 1.17 bits per heavy atom. The molecule has 0 spiro atoms. The van der Waals surface area contributed by atoms with Gasteiger partial charge in [0.2, 0.25) is 5.91 Å². The van der Waals surface area contributed by atoms with E-state index in [4.69, 9.17) is 0 Å². The van der Waals surface area contributed by atoms with Crippen LogP contribution in [0.5, 0.6) is 0 Å². The summed E-state index contributed by atoms with van der Waals surface area (Å²) in [5, 5.41) is 16.4. The largest absolute Gasteiger partial charge is 0.465 e. The summed E-state index contributed by atoms with van der Waals surface area (Å²) in [6.45, 7) is 3.58. The number of aromatic nitrogens is 4.